The van der Waals surface area contributed by atoms with Crippen LogP contribution in [0.15, 0.2) is 48.5 Å². The Morgan fingerprint density at radius 3 is 2.32 bits per heavy atom. The number of alkyl halides is 3. The second kappa shape index (κ2) is 7.08. The van der Waals surface area contributed by atoms with E-state index in [1.807, 2.05) is 12.1 Å². The van der Waals surface area contributed by atoms with Crippen LogP contribution >= 0.6 is 0 Å². The van der Waals surface area contributed by atoms with E-state index in [0.717, 1.165) is 37.0 Å². The summed E-state index contributed by atoms with van der Waals surface area (Å²) in [5, 5.41) is 0. The van der Waals surface area contributed by atoms with Crippen LogP contribution in [0.1, 0.15) is 35.6 Å². The summed E-state index contributed by atoms with van der Waals surface area (Å²) in [5.41, 5.74) is 1.72. The van der Waals surface area contributed by atoms with Crippen molar-refractivity contribution in [1.82, 2.24) is 4.90 Å². The summed E-state index contributed by atoms with van der Waals surface area (Å²) in [7, 11) is 4.10. The molecule has 0 amide bonds. The van der Waals surface area contributed by atoms with Gasteiger partial charge in [-0.05, 0) is 62.3 Å². The minimum absolute atomic E-state index is 0.164. The van der Waals surface area contributed by atoms with Gasteiger partial charge >= 0.3 is 6.18 Å². The number of hydrogen-bond acceptors (Lipinski definition) is 2. The highest BCUT2D eigenvalue weighted by Gasteiger charge is 2.31. The van der Waals surface area contributed by atoms with E-state index in [1.165, 1.54) is 17.7 Å². The maximum Gasteiger partial charge on any atom is 0.416 e. The molecule has 2 atom stereocenters. The van der Waals surface area contributed by atoms with Gasteiger partial charge in [0.1, 0.15) is 11.9 Å². The molecule has 25 heavy (non-hydrogen) atoms. The Kier molecular flexibility index (Phi) is 5.04. The van der Waals surface area contributed by atoms with Gasteiger partial charge in [0.15, 0.2) is 0 Å². The third-order valence-electron chi connectivity index (χ3n) is 4.83. The van der Waals surface area contributed by atoms with Crippen molar-refractivity contribution >= 4 is 0 Å². The molecule has 0 aromatic heterocycles. The van der Waals surface area contributed by atoms with Crippen molar-refractivity contribution in [2.45, 2.75) is 37.6 Å². The average molecular weight is 349 g/mol. The molecule has 2 aromatic carbocycles. The third kappa shape index (κ3) is 4.15. The average Bonchev–Trinajstić information content (AvgIpc) is 2.75. The van der Waals surface area contributed by atoms with Gasteiger partial charge in [0.2, 0.25) is 0 Å². The first-order valence-corrected chi connectivity index (χ1v) is 8.43. The molecule has 0 radical (unpaired) electrons. The number of hydrogen-bond donors (Lipinski definition) is 0. The predicted molar refractivity (Wildman–Crippen MR) is 91.7 cm³/mol. The molecule has 0 saturated heterocycles. The lowest BCUT2D eigenvalue weighted by Gasteiger charge is -2.27. The standard InChI is InChI=1S/C20H22F3NO/c1-24(2)16-10-7-14-5-3-4-6-18(14)19(13-16)25-17-11-8-15(9-12-17)20(21,22)23/h3-6,8-9,11-12,16,19H,7,10,13H2,1-2H3/t16-,19-/m0/s1. The maximum absolute atomic E-state index is 12.7. The molecular formula is C20H22F3NO. The molecule has 1 aliphatic rings. The van der Waals surface area contributed by atoms with Crippen molar-refractivity contribution < 1.29 is 17.9 Å². The van der Waals surface area contributed by atoms with Crippen molar-refractivity contribution in [1.29, 1.82) is 0 Å². The van der Waals surface area contributed by atoms with E-state index in [2.05, 4.69) is 31.1 Å². The number of benzene rings is 2. The summed E-state index contributed by atoms with van der Waals surface area (Å²) >= 11 is 0. The van der Waals surface area contributed by atoms with Crippen molar-refractivity contribution in [3.05, 3.63) is 65.2 Å². The highest BCUT2D eigenvalue weighted by Crippen LogP contribution is 2.35. The molecule has 2 nitrogen and oxygen atoms in total. The molecule has 0 spiro atoms. The van der Waals surface area contributed by atoms with E-state index >= 15 is 0 Å². The Bertz CT molecular complexity index is 710. The minimum Gasteiger partial charge on any atom is -0.486 e. The van der Waals surface area contributed by atoms with E-state index in [-0.39, 0.29) is 6.10 Å². The fraction of sp³-hybridized carbons (Fsp3) is 0.400. The van der Waals surface area contributed by atoms with Gasteiger partial charge in [-0.2, -0.15) is 13.2 Å². The van der Waals surface area contributed by atoms with Crippen LogP contribution in [0.4, 0.5) is 13.2 Å². The summed E-state index contributed by atoms with van der Waals surface area (Å²) in [4.78, 5) is 2.19. The van der Waals surface area contributed by atoms with Crippen LogP contribution in [0.3, 0.4) is 0 Å². The van der Waals surface area contributed by atoms with Crippen LogP contribution in [0, 0.1) is 0 Å². The lowest BCUT2D eigenvalue weighted by atomic mass is 10.0. The van der Waals surface area contributed by atoms with Gasteiger partial charge in [0, 0.05) is 12.5 Å². The second-order valence-electron chi connectivity index (χ2n) is 6.72. The Balaban J connectivity index is 1.85. The predicted octanol–water partition coefficient (Wildman–Crippen LogP) is 5.09. The van der Waals surface area contributed by atoms with E-state index < -0.39 is 11.7 Å². The second-order valence-corrected chi connectivity index (χ2v) is 6.72. The summed E-state index contributed by atoms with van der Waals surface area (Å²) < 4.78 is 44.3. The molecule has 3 rings (SSSR count). The number of aryl methyl sites for hydroxylation is 1. The highest BCUT2D eigenvalue weighted by molar-refractivity contribution is 5.34. The Morgan fingerprint density at radius 2 is 1.68 bits per heavy atom. The number of halogens is 3. The van der Waals surface area contributed by atoms with E-state index in [4.69, 9.17) is 4.74 Å². The van der Waals surface area contributed by atoms with Gasteiger partial charge in [-0.1, -0.05) is 24.3 Å². The number of fused-ring (bicyclic) bond motifs is 1. The first-order valence-electron chi connectivity index (χ1n) is 8.43. The molecule has 0 unspecified atom stereocenters. The monoisotopic (exact) mass is 349 g/mol. The molecule has 0 bridgehead atoms. The van der Waals surface area contributed by atoms with Crippen LogP contribution in [0.5, 0.6) is 5.75 Å². The normalized spacial score (nSPS) is 20.9. The molecule has 5 heteroatoms. The highest BCUT2D eigenvalue weighted by atomic mass is 19.4. The Labute approximate surface area is 146 Å². The smallest absolute Gasteiger partial charge is 0.416 e. The lowest BCUT2D eigenvalue weighted by molar-refractivity contribution is -0.137. The Hall–Kier alpha value is -2.01. The number of ether oxygens (including phenoxy) is 1. The molecule has 0 N–H and O–H groups in total. The molecule has 0 aliphatic heterocycles. The van der Waals surface area contributed by atoms with Crippen molar-refractivity contribution in [2.24, 2.45) is 0 Å². The van der Waals surface area contributed by atoms with Crippen LogP contribution in [-0.4, -0.2) is 25.0 Å². The number of rotatable bonds is 3. The fourth-order valence-electron chi connectivity index (χ4n) is 3.36. The van der Waals surface area contributed by atoms with Crippen molar-refractivity contribution in [3.63, 3.8) is 0 Å². The minimum atomic E-state index is -4.33. The number of nitrogens with zero attached hydrogens (tertiary/aromatic N) is 1. The zero-order valence-electron chi connectivity index (χ0n) is 14.4. The van der Waals surface area contributed by atoms with Crippen molar-refractivity contribution in [3.8, 4) is 5.75 Å². The van der Waals surface area contributed by atoms with Crippen LogP contribution in [0.25, 0.3) is 0 Å². The molecule has 0 saturated carbocycles. The fourth-order valence-corrected chi connectivity index (χ4v) is 3.36. The summed E-state index contributed by atoms with van der Waals surface area (Å²) in [6.45, 7) is 0. The summed E-state index contributed by atoms with van der Waals surface area (Å²) in [5.74, 6) is 0.465. The van der Waals surface area contributed by atoms with Crippen molar-refractivity contribution in [2.75, 3.05) is 14.1 Å². The van der Waals surface area contributed by atoms with Gasteiger partial charge in [0.05, 0.1) is 5.56 Å². The van der Waals surface area contributed by atoms with Gasteiger partial charge in [-0.15, -0.1) is 0 Å². The first-order chi connectivity index (χ1) is 11.8. The summed E-state index contributed by atoms with van der Waals surface area (Å²) in [6.07, 6.45) is -1.67. The molecule has 134 valence electrons. The van der Waals surface area contributed by atoms with Gasteiger partial charge in [-0.3, -0.25) is 0 Å². The summed E-state index contributed by atoms with van der Waals surface area (Å²) in [6, 6.07) is 13.5. The van der Waals surface area contributed by atoms with E-state index in [9.17, 15) is 13.2 Å². The van der Waals surface area contributed by atoms with E-state index in [0.29, 0.717) is 11.8 Å². The first kappa shape index (κ1) is 17.8. The van der Waals surface area contributed by atoms with Crippen LogP contribution in [-0.2, 0) is 12.6 Å². The molecule has 0 fully saturated rings. The molecule has 1 aliphatic carbocycles. The topological polar surface area (TPSA) is 12.5 Å². The SMILES string of the molecule is CN(C)[C@H]1CCc2ccccc2[C@@H](Oc2ccc(C(F)(F)F)cc2)C1. The zero-order chi connectivity index (χ0) is 18.0. The Morgan fingerprint density at radius 1 is 1.00 bits per heavy atom. The molecule has 2 aromatic rings. The largest absolute Gasteiger partial charge is 0.486 e. The van der Waals surface area contributed by atoms with Crippen LogP contribution < -0.4 is 4.74 Å². The van der Waals surface area contributed by atoms with Gasteiger partial charge < -0.3 is 9.64 Å². The lowest BCUT2D eigenvalue weighted by Crippen LogP contribution is -2.30. The maximum atomic E-state index is 12.7. The molecule has 0 heterocycles. The van der Waals surface area contributed by atoms with Gasteiger partial charge in [-0.25, -0.2) is 0 Å². The quantitative estimate of drug-likeness (QED) is 0.716. The van der Waals surface area contributed by atoms with Crippen LogP contribution in [0.2, 0.25) is 0 Å². The third-order valence-corrected chi connectivity index (χ3v) is 4.83. The van der Waals surface area contributed by atoms with E-state index in [1.54, 1.807) is 0 Å². The van der Waals surface area contributed by atoms with Gasteiger partial charge in [0.25, 0.3) is 0 Å². The zero-order valence-corrected chi connectivity index (χ0v) is 14.4. The molecular weight excluding hydrogens is 327 g/mol.